The van der Waals surface area contributed by atoms with Crippen LogP contribution in [0.3, 0.4) is 0 Å². The molecule has 0 spiro atoms. The van der Waals surface area contributed by atoms with Crippen molar-refractivity contribution in [3.05, 3.63) is 119 Å². The van der Waals surface area contributed by atoms with Gasteiger partial charge in [0.25, 0.3) is 0 Å². The number of benzene rings is 4. The molecule has 2 heterocycles. The van der Waals surface area contributed by atoms with Crippen molar-refractivity contribution in [1.29, 1.82) is 0 Å². The Bertz CT molecular complexity index is 1590. The van der Waals surface area contributed by atoms with Crippen LogP contribution in [0.1, 0.15) is 48.9 Å². The normalized spacial score (nSPS) is 22.1. The van der Waals surface area contributed by atoms with E-state index >= 15 is 0 Å². The Balaban J connectivity index is 1.57. The van der Waals surface area contributed by atoms with Gasteiger partial charge >= 0.3 is 0 Å². The Morgan fingerprint density at radius 1 is 0.895 bits per heavy atom. The second kappa shape index (κ2) is 8.81. The molecule has 6 rings (SSSR count). The predicted molar refractivity (Wildman–Crippen MR) is 148 cm³/mol. The molecule has 2 atom stereocenters. The first-order valence-corrected chi connectivity index (χ1v) is 12.8. The largest absolute Gasteiger partial charge is 0.456 e. The Kier molecular flexibility index (Phi) is 5.65. The lowest BCUT2D eigenvalue weighted by molar-refractivity contribution is -0.0374. The van der Waals surface area contributed by atoms with Crippen LogP contribution in [0.5, 0.6) is 5.75 Å². The summed E-state index contributed by atoms with van der Waals surface area (Å²) < 4.78 is 34.6. The second-order valence-electron chi connectivity index (χ2n) is 10.8. The summed E-state index contributed by atoms with van der Waals surface area (Å²) in [5, 5.41) is 15.9. The van der Waals surface area contributed by atoms with E-state index in [0.29, 0.717) is 11.3 Å². The molecule has 2 unspecified atom stereocenters. The Morgan fingerprint density at radius 3 is 2.39 bits per heavy atom. The number of hydrogen-bond donors (Lipinski definition) is 2. The van der Waals surface area contributed by atoms with Gasteiger partial charge in [0.2, 0.25) is 0 Å². The molecule has 38 heavy (non-hydrogen) atoms. The molecule has 0 aliphatic carbocycles. The number of rotatable bonds is 3. The van der Waals surface area contributed by atoms with Crippen LogP contribution in [0, 0.1) is 11.6 Å². The fourth-order valence-electron chi connectivity index (χ4n) is 6.02. The molecule has 5 heteroatoms. The quantitative estimate of drug-likeness (QED) is 0.296. The van der Waals surface area contributed by atoms with Gasteiger partial charge < -0.3 is 15.2 Å². The van der Waals surface area contributed by atoms with Crippen LogP contribution < -0.4 is 10.1 Å². The number of hydrogen-bond acceptors (Lipinski definition) is 3. The molecule has 0 bridgehead atoms. The van der Waals surface area contributed by atoms with Gasteiger partial charge in [0.1, 0.15) is 23.1 Å². The van der Waals surface area contributed by atoms with Gasteiger partial charge in [-0.3, -0.25) is 0 Å². The van der Waals surface area contributed by atoms with Crippen molar-refractivity contribution in [1.82, 2.24) is 0 Å². The van der Waals surface area contributed by atoms with Crippen LogP contribution in [0.2, 0.25) is 0 Å². The van der Waals surface area contributed by atoms with E-state index in [1.54, 1.807) is 12.1 Å². The van der Waals surface area contributed by atoms with Crippen molar-refractivity contribution in [3.8, 4) is 16.9 Å². The van der Waals surface area contributed by atoms with Gasteiger partial charge in [-0.2, -0.15) is 0 Å². The van der Waals surface area contributed by atoms with Gasteiger partial charge in [-0.15, -0.1) is 0 Å². The van der Waals surface area contributed by atoms with Crippen LogP contribution >= 0.6 is 0 Å². The molecule has 0 amide bonds. The number of fused-ring (bicyclic) bond motifs is 5. The number of halogens is 2. The van der Waals surface area contributed by atoms with E-state index in [9.17, 15) is 13.9 Å². The molecule has 2 N–H and O–H groups in total. The zero-order valence-corrected chi connectivity index (χ0v) is 21.6. The van der Waals surface area contributed by atoms with Crippen LogP contribution in [0.4, 0.5) is 14.5 Å². The Hall–Kier alpha value is -3.96. The zero-order valence-electron chi connectivity index (χ0n) is 21.6. The van der Waals surface area contributed by atoms with Crippen LogP contribution in [-0.2, 0) is 6.42 Å². The highest BCUT2D eigenvalue weighted by molar-refractivity contribution is 5.96. The first kappa shape index (κ1) is 24.4. The Morgan fingerprint density at radius 2 is 1.63 bits per heavy atom. The molecular formula is C33H29F2NO2. The monoisotopic (exact) mass is 509 g/mol. The lowest BCUT2D eigenvalue weighted by Crippen LogP contribution is -2.62. The minimum atomic E-state index is -1.26. The number of aliphatic hydroxyl groups is 1. The first-order valence-electron chi connectivity index (χ1n) is 12.8. The fourth-order valence-corrected chi connectivity index (χ4v) is 6.02. The summed E-state index contributed by atoms with van der Waals surface area (Å²) in [7, 11) is 0. The predicted octanol–water partition coefficient (Wildman–Crippen LogP) is 7.80. The minimum absolute atomic E-state index is 0.259. The molecule has 0 saturated carbocycles. The van der Waals surface area contributed by atoms with Crippen molar-refractivity contribution in [2.24, 2.45) is 0 Å². The number of ether oxygens (including phenoxy) is 1. The second-order valence-corrected chi connectivity index (χ2v) is 10.8. The summed E-state index contributed by atoms with van der Waals surface area (Å²) in [5.41, 5.74) is 4.02. The summed E-state index contributed by atoms with van der Waals surface area (Å²) in [6, 6.07) is 24.7. The molecule has 192 valence electrons. The van der Waals surface area contributed by atoms with Crippen molar-refractivity contribution in [2.45, 2.75) is 44.2 Å². The maximum Gasteiger partial charge on any atom is 0.136 e. The maximum absolute atomic E-state index is 14.1. The van der Waals surface area contributed by atoms with Crippen LogP contribution in [0.15, 0.2) is 84.9 Å². The van der Waals surface area contributed by atoms with Crippen molar-refractivity contribution >= 4 is 17.5 Å². The smallest absolute Gasteiger partial charge is 0.136 e. The van der Waals surface area contributed by atoms with E-state index in [0.717, 1.165) is 39.3 Å². The van der Waals surface area contributed by atoms with Gasteiger partial charge in [0.05, 0.1) is 11.1 Å². The maximum atomic E-state index is 14.1. The third-order valence-corrected chi connectivity index (χ3v) is 8.08. The molecule has 3 nitrogen and oxygen atoms in total. The van der Waals surface area contributed by atoms with Crippen LogP contribution in [0.25, 0.3) is 23.0 Å². The molecule has 2 aliphatic rings. The molecule has 0 fully saturated rings. The molecule has 0 saturated heterocycles. The third kappa shape index (κ3) is 3.89. The standard InChI is InChI=1S/C33H29F2NO2/c1-20-30-27(36-32(2,3)33(20,37)19-22-9-7-11-24(35)17-22)15-14-26-25-12-4-5-13-28(25)38-29(31(26)30)18-21-8-6-10-23(34)16-21/h4-18,20,36-37H,19H2,1-3H3. The lowest BCUT2D eigenvalue weighted by atomic mass is 9.64. The van der Waals surface area contributed by atoms with Crippen LogP contribution in [-0.4, -0.2) is 16.2 Å². The van der Waals surface area contributed by atoms with Crippen molar-refractivity contribution < 1.29 is 18.6 Å². The molecule has 0 radical (unpaired) electrons. The third-order valence-electron chi connectivity index (χ3n) is 8.08. The average molecular weight is 510 g/mol. The number of para-hydroxylation sites is 1. The summed E-state index contributed by atoms with van der Waals surface area (Å²) in [5.74, 6) is 0.296. The van der Waals surface area contributed by atoms with Gasteiger partial charge in [0, 0.05) is 29.2 Å². The first-order chi connectivity index (χ1) is 18.2. The molecule has 2 aliphatic heterocycles. The fraction of sp³-hybridized carbons (Fsp3) is 0.212. The highest BCUT2D eigenvalue weighted by Gasteiger charge is 2.53. The van der Waals surface area contributed by atoms with Crippen molar-refractivity contribution in [3.63, 3.8) is 0 Å². The Labute approximate surface area is 221 Å². The summed E-state index contributed by atoms with van der Waals surface area (Å²) in [6.07, 6.45) is 2.10. The average Bonchev–Trinajstić information content (AvgIpc) is 2.87. The molecule has 4 aromatic rings. The van der Waals surface area contributed by atoms with E-state index in [1.165, 1.54) is 24.3 Å². The van der Waals surface area contributed by atoms with E-state index in [2.05, 4.69) is 17.4 Å². The van der Waals surface area contributed by atoms with E-state index in [1.807, 2.05) is 63.2 Å². The van der Waals surface area contributed by atoms with Gasteiger partial charge in [-0.25, -0.2) is 8.78 Å². The number of nitrogens with one attached hydrogen (secondary N) is 1. The van der Waals surface area contributed by atoms with E-state index < -0.39 is 11.1 Å². The summed E-state index contributed by atoms with van der Waals surface area (Å²) in [6.45, 7) is 5.96. The minimum Gasteiger partial charge on any atom is -0.456 e. The summed E-state index contributed by atoms with van der Waals surface area (Å²) >= 11 is 0. The highest BCUT2D eigenvalue weighted by atomic mass is 19.1. The topological polar surface area (TPSA) is 41.5 Å². The van der Waals surface area contributed by atoms with Gasteiger partial charge in [-0.1, -0.05) is 55.5 Å². The molecular weight excluding hydrogens is 480 g/mol. The highest BCUT2D eigenvalue weighted by Crippen LogP contribution is 2.54. The lowest BCUT2D eigenvalue weighted by Gasteiger charge is -2.53. The molecule has 4 aromatic carbocycles. The number of anilines is 1. The SMILES string of the molecule is CC1c2c(ccc3c2C(=Cc2cccc(F)c2)Oc2ccccc2-3)NC(C)(C)C1(O)Cc1cccc(F)c1. The summed E-state index contributed by atoms with van der Waals surface area (Å²) in [4.78, 5) is 0. The van der Waals surface area contributed by atoms with Gasteiger partial charge in [0.15, 0.2) is 0 Å². The van der Waals surface area contributed by atoms with Crippen molar-refractivity contribution in [2.75, 3.05) is 5.32 Å². The molecule has 0 aromatic heterocycles. The van der Waals surface area contributed by atoms with Gasteiger partial charge in [-0.05, 0) is 78.6 Å². The van der Waals surface area contributed by atoms with E-state index in [-0.39, 0.29) is 24.0 Å². The zero-order chi connectivity index (χ0) is 26.7. The van der Waals surface area contributed by atoms with E-state index in [4.69, 9.17) is 4.74 Å².